The van der Waals surface area contributed by atoms with E-state index in [0.717, 1.165) is 38.3 Å². The van der Waals surface area contributed by atoms with Crippen molar-refractivity contribution in [2.75, 3.05) is 56.7 Å². The molecule has 4 rings (SSSR count). The van der Waals surface area contributed by atoms with Gasteiger partial charge in [0.25, 0.3) is 0 Å². The summed E-state index contributed by atoms with van der Waals surface area (Å²) in [6.07, 6.45) is 4.51. The fourth-order valence-electron chi connectivity index (χ4n) is 4.64. The number of thiophene rings is 1. The monoisotopic (exact) mass is 595 g/mol. The van der Waals surface area contributed by atoms with E-state index in [4.69, 9.17) is 9.84 Å². The van der Waals surface area contributed by atoms with E-state index in [9.17, 15) is 14.4 Å². The highest BCUT2D eigenvalue weighted by Gasteiger charge is 2.45. The van der Waals surface area contributed by atoms with Gasteiger partial charge in [-0.15, -0.1) is 11.3 Å². The first-order valence-electron chi connectivity index (χ1n) is 14.0. The number of nitrogens with one attached hydrogen (secondary N) is 1. The number of aromatic nitrogens is 1. The summed E-state index contributed by atoms with van der Waals surface area (Å²) in [5.41, 5.74) is 1.55. The predicted octanol–water partition coefficient (Wildman–Crippen LogP) is 4.37. The van der Waals surface area contributed by atoms with E-state index in [-0.39, 0.29) is 11.8 Å². The molecule has 2 amide bonds. The number of aromatic carboxylic acids is 1. The van der Waals surface area contributed by atoms with Crippen molar-refractivity contribution in [2.45, 2.75) is 33.7 Å². The third-order valence-corrected chi connectivity index (χ3v) is 7.85. The number of benzene rings is 1. The summed E-state index contributed by atoms with van der Waals surface area (Å²) in [5, 5.41) is 13.2. The molecule has 0 spiro atoms. The van der Waals surface area contributed by atoms with Crippen LogP contribution in [0.15, 0.2) is 60.2 Å². The van der Waals surface area contributed by atoms with E-state index >= 15 is 0 Å². The molecule has 1 aliphatic heterocycles. The summed E-state index contributed by atoms with van der Waals surface area (Å²) in [5.74, 6) is -0.559. The van der Waals surface area contributed by atoms with Crippen molar-refractivity contribution in [1.82, 2.24) is 15.2 Å². The third kappa shape index (κ3) is 8.37. The lowest BCUT2D eigenvalue weighted by atomic mass is 9.90. The Morgan fingerprint density at radius 2 is 1.83 bits per heavy atom. The first-order chi connectivity index (χ1) is 20.1. The van der Waals surface area contributed by atoms with Crippen LogP contribution in [0.5, 0.6) is 5.75 Å². The van der Waals surface area contributed by atoms with Crippen LogP contribution in [-0.4, -0.2) is 79.7 Å². The fraction of sp³-hybridized carbons (Fsp3) is 0.419. The molecular formula is C31H41N5O5S. The second kappa shape index (κ2) is 15.4. The van der Waals surface area contributed by atoms with Gasteiger partial charge in [0, 0.05) is 58.2 Å². The van der Waals surface area contributed by atoms with E-state index < -0.39 is 11.4 Å². The van der Waals surface area contributed by atoms with E-state index in [1.807, 2.05) is 56.7 Å². The van der Waals surface area contributed by atoms with Crippen LogP contribution in [0.2, 0.25) is 0 Å². The maximum Gasteiger partial charge on any atom is 0.345 e. The first-order valence-corrected chi connectivity index (χ1v) is 14.9. The van der Waals surface area contributed by atoms with E-state index in [1.165, 1.54) is 16.9 Å². The van der Waals surface area contributed by atoms with Crippen LogP contribution in [0, 0.1) is 5.41 Å². The van der Waals surface area contributed by atoms with Crippen molar-refractivity contribution in [1.29, 1.82) is 0 Å². The normalized spacial score (nSPS) is 14.2. The van der Waals surface area contributed by atoms with Gasteiger partial charge >= 0.3 is 5.97 Å². The van der Waals surface area contributed by atoms with Crippen LogP contribution in [0.25, 0.3) is 0 Å². The van der Waals surface area contributed by atoms with E-state index in [0.29, 0.717) is 29.5 Å². The summed E-state index contributed by atoms with van der Waals surface area (Å²) in [6, 6.07) is 13.0. The number of anilines is 2. The summed E-state index contributed by atoms with van der Waals surface area (Å²) >= 11 is 1.23. The number of ether oxygens (including phenoxy) is 1. The lowest BCUT2D eigenvalue weighted by Gasteiger charge is -2.27. The minimum absolute atomic E-state index is 0.185. The van der Waals surface area contributed by atoms with Gasteiger partial charge in [-0.25, -0.2) is 4.79 Å². The molecule has 3 aromatic rings. The Morgan fingerprint density at radius 3 is 2.43 bits per heavy atom. The predicted molar refractivity (Wildman–Crippen MR) is 166 cm³/mol. The molecule has 11 heteroatoms. The zero-order chi connectivity index (χ0) is 30.7. The van der Waals surface area contributed by atoms with Crippen LogP contribution in [-0.2, 0) is 16.1 Å². The number of likely N-dealkylation sites (N-methyl/N-ethyl adjacent to an activating group) is 1. The second-order valence-electron chi connectivity index (χ2n) is 10.4. The Kier molecular flexibility index (Phi) is 12.0. The van der Waals surface area contributed by atoms with Crippen molar-refractivity contribution < 1.29 is 24.2 Å². The molecule has 2 N–H and O–H groups in total. The summed E-state index contributed by atoms with van der Waals surface area (Å²) in [7, 11) is 3.68. The molecular weight excluding hydrogens is 554 g/mol. The molecule has 0 aliphatic carbocycles. The van der Waals surface area contributed by atoms with Crippen molar-refractivity contribution in [3.8, 4) is 5.75 Å². The number of carboxylic acids is 1. The van der Waals surface area contributed by atoms with Gasteiger partial charge in [0.05, 0.1) is 18.0 Å². The number of hydrogen-bond donors (Lipinski definition) is 2. The van der Waals surface area contributed by atoms with Gasteiger partial charge < -0.3 is 25.0 Å². The van der Waals surface area contributed by atoms with Gasteiger partial charge in [-0.1, -0.05) is 6.07 Å². The molecule has 10 nitrogen and oxygen atoms in total. The van der Waals surface area contributed by atoms with Crippen LogP contribution in [0.4, 0.5) is 11.4 Å². The smallest absolute Gasteiger partial charge is 0.345 e. The maximum absolute atomic E-state index is 13.0. The average molecular weight is 596 g/mol. The van der Waals surface area contributed by atoms with Crippen LogP contribution >= 0.6 is 11.3 Å². The van der Waals surface area contributed by atoms with E-state index in [2.05, 4.69) is 15.2 Å². The highest BCUT2D eigenvalue weighted by atomic mass is 32.1. The van der Waals surface area contributed by atoms with Crippen LogP contribution in [0.1, 0.15) is 42.4 Å². The Morgan fingerprint density at radius 1 is 1.10 bits per heavy atom. The third-order valence-electron chi connectivity index (χ3n) is 6.99. The second-order valence-corrected chi connectivity index (χ2v) is 11.4. The summed E-state index contributed by atoms with van der Waals surface area (Å²) in [6.45, 7) is 9.98. The number of carboxylic acid groups (broad SMARTS) is 1. The number of rotatable bonds is 12. The highest BCUT2D eigenvalue weighted by molar-refractivity contribution is 7.11. The fourth-order valence-corrected chi connectivity index (χ4v) is 5.20. The number of pyridine rings is 1. The lowest BCUT2D eigenvalue weighted by molar-refractivity contribution is -0.137. The molecule has 0 unspecified atom stereocenters. The number of carbonyl (C=O) groups excluding carboxylic acids is 2. The quantitative estimate of drug-likeness (QED) is 0.234. The molecule has 0 saturated carbocycles. The molecule has 2 aromatic heterocycles. The SMILES string of the molecule is CCN1C(=O)C(C)(C)C(=O)N(C)c2cc(OCCCN(CCNC)Cc3ccncc3)ccc21.O=C(O)c1cccs1. The number of fused-ring (bicyclic) bond motifs is 1. The van der Waals surface area contributed by atoms with Crippen LogP contribution in [0.3, 0.4) is 0 Å². The molecule has 0 fully saturated rings. The zero-order valence-electron chi connectivity index (χ0n) is 25.0. The van der Waals surface area contributed by atoms with Crippen molar-refractivity contribution >= 4 is 40.5 Å². The summed E-state index contributed by atoms with van der Waals surface area (Å²) in [4.78, 5) is 46.2. The number of nitrogens with zero attached hydrogens (tertiary/aromatic N) is 4. The minimum atomic E-state index is -1.11. The van der Waals surface area contributed by atoms with Crippen molar-refractivity contribution in [3.05, 3.63) is 70.7 Å². The largest absolute Gasteiger partial charge is 0.493 e. The number of carbonyl (C=O) groups is 3. The standard InChI is InChI=1S/C26H37N5O3.C5H4O2S/c1-6-31-22-9-8-21(18-23(22)29(5)24(32)26(2,3)25(31)33)34-17-7-15-30(16-14-27-4)19-20-10-12-28-13-11-20;6-5(7)4-2-1-3-8-4/h8-13,18,27H,6-7,14-17,19H2,1-5H3;1-3H,(H,6,7). The van der Waals surface area contributed by atoms with Crippen LogP contribution < -0.4 is 19.9 Å². The Bertz CT molecular complexity index is 1320. The molecule has 1 aromatic carbocycles. The van der Waals surface area contributed by atoms with Gasteiger partial charge in [0.1, 0.15) is 16.0 Å². The van der Waals surface area contributed by atoms with Crippen molar-refractivity contribution in [3.63, 3.8) is 0 Å². The molecule has 0 atom stereocenters. The molecule has 0 radical (unpaired) electrons. The van der Waals surface area contributed by atoms with Gasteiger partial charge in [-0.3, -0.25) is 19.5 Å². The number of hydrogen-bond acceptors (Lipinski definition) is 8. The number of amides is 2. The van der Waals surface area contributed by atoms with Gasteiger partial charge in [0.15, 0.2) is 0 Å². The molecule has 42 heavy (non-hydrogen) atoms. The zero-order valence-corrected chi connectivity index (χ0v) is 25.8. The molecule has 3 heterocycles. The Hall–Kier alpha value is -3.80. The minimum Gasteiger partial charge on any atom is -0.493 e. The Balaban J connectivity index is 0.000000521. The average Bonchev–Trinajstić information content (AvgIpc) is 3.53. The molecule has 0 bridgehead atoms. The molecule has 0 saturated heterocycles. The van der Waals surface area contributed by atoms with Gasteiger partial charge in [0.2, 0.25) is 11.8 Å². The maximum atomic E-state index is 13.0. The Labute approximate surface area is 251 Å². The first kappa shape index (κ1) is 32.7. The molecule has 1 aliphatic rings. The topological polar surface area (TPSA) is 115 Å². The van der Waals surface area contributed by atoms with Gasteiger partial charge in [-0.05, 0) is 75.5 Å². The highest BCUT2D eigenvalue weighted by Crippen LogP contribution is 2.40. The van der Waals surface area contributed by atoms with Gasteiger partial charge in [-0.2, -0.15) is 0 Å². The lowest BCUT2D eigenvalue weighted by Crippen LogP contribution is -2.47. The van der Waals surface area contributed by atoms with Crippen molar-refractivity contribution in [2.24, 2.45) is 5.41 Å². The van der Waals surface area contributed by atoms with E-state index in [1.54, 1.807) is 48.2 Å². The summed E-state index contributed by atoms with van der Waals surface area (Å²) < 4.78 is 6.06. The molecule has 226 valence electrons.